The number of nitrogens with one attached hydrogen (secondary N) is 1. The fourth-order valence-electron chi connectivity index (χ4n) is 1.42. The van der Waals surface area contributed by atoms with Crippen LogP contribution in [0.25, 0.3) is 0 Å². The van der Waals surface area contributed by atoms with Crippen LogP contribution < -0.4 is 5.32 Å². The van der Waals surface area contributed by atoms with E-state index in [0.717, 1.165) is 0 Å². The number of carboxylic acid groups (broad SMARTS) is 1. The topological polar surface area (TPSA) is 92.7 Å². The molecule has 1 rings (SSSR count). The first-order valence-electron chi connectivity index (χ1n) is 4.13. The van der Waals surface area contributed by atoms with Crippen LogP contribution in [-0.4, -0.2) is 36.1 Å². The van der Waals surface area contributed by atoms with E-state index in [1.54, 1.807) is 0 Å². The van der Waals surface area contributed by atoms with E-state index < -0.39 is 23.9 Å². The summed E-state index contributed by atoms with van der Waals surface area (Å²) in [6.45, 7) is 0. The van der Waals surface area contributed by atoms with Crippen molar-refractivity contribution in [1.29, 1.82) is 0 Å². The van der Waals surface area contributed by atoms with Crippen LogP contribution in [0.4, 0.5) is 0 Å². The third-order valence-corrected chi connectivity index (χ3v) is 2.17. The summed E-state index contributed by atoms with van der Waals surface area (Å²) in [5.41, 5.74) is 0. The van der Waals surface area contributed by atoms with Crippen molar-refractivity contribution >= 4 is 17.8 Å². The molecule has 0 spiro atoms. The minimum Gasteiger partial charge on any atom is -0.481 e. The van der Waals surface area contributed by atoms with Gasteiger partial charge in [-0.25, -0.2) is 0 Å². The first kappa shape index (κ1) is 10.5. The second-order valence-corrected chi connectivity index (χ2v) is 3.10. The zero-order valence-corrected chi connectivity index (χ0v) is 7.65. The second-order valence-electron chi connectivity index (χ2n) is 3.10. The molecule has 1 saturated heterocycles. The van der Waals surface area contributed by atoms with Crippen molar-refractivity contribution in [3.05, 3.63) is 0 Å². The lowest BCUT2D eigenvalue weighted by molar-refractivity contribution is -0.144. The zero-order chi connectivity index (χ0) is 10.7. The van der Waals surface area contributed by atoms with Gasteiger partial charge in [-0.2, -0.15) is 0 Å². The van der Waals surface area contributed by atoms with Crippen molar-refractivity contribution in [2.24, 2.45) is 5.92 Å². The Balaban J connectivity index is 2.62. The molecule has 0 aliphatic carbocycles. The van der Waals surface area contributed by atoms with Gasteiger partial charge in [0, 0.05) is 6.42 Å². The number of aliphatic carboxylic acids is 1. The highest BCUT2D eigenvalue weighted by Gasteiger charge is 2.38. The van der Waals surface area contributed by atoms with Crippen LogP contribution >= 0.6 is 0 Å². The number of carbonyl (C=O) groups is 3. The number of esters is 1. The number of rotatable bonds is 3. The Morgan fingerprint density at radius 2 is 2.29 bits per heavy atom. The van der Waals surface area contributed by atoms with Crippen molar-refractivity contribution in [2.75, 3.05) is 7.11 Å². The fraction of sp³-hybridized carbons (Fsp3) is 0.625. The van der Waals surface area contributed by atoms with Crippen LogP contribution in [0.3, 0.4) is 0 Å². The van der Waals surface area contributed by atoms with Crippen LogP contribution in [0, 0.1) is 5.92 Å². The molecule has 1 fully saturated rings. The van der Waals surface area contributed by atoms with Crippen molar-refractivity contribution in [3.8, 4) is 0 Å². The zero-order valence-electron chi connectivity index (χ0n) is 7.65. The van der Waals surface area contributed by atoms with Gasteiger partial charge in [0.2, 0.25) is 5.91 Å². The fourth-order valence-corrected chi connectivity index (χ4v) is 1.42. The Morgan fingerprint density at radius 3 is 2.79 bits per heavy atom. The van der Waals surface area contributed by atoms with E-state index in [1.165, 1.54) is 7.11 Å². The summed E-state index contributed by atoms with van der Waals surface area (Å²) < 4.78 is 4.39. The average Bonchev–Trinajstić information content (AvgIpc) is 2.46. The third kappa shape index (κ3) is 2.21. The van der Waals surface area contributed by atoms with E-state index in [1.807, 2.05) is 0 Å². The molecule has 0 radical (unpaired) electrons. The number of amides is 1. The standard InChI is InChI=1S/C8H11NO5/c1-14-7(11)3-5-4(8(12)13)2-6(10)9-5/h4-5H,2-3H2,1H3,(H,9,10)(H,12,13)/t4-,5+/m0/s1. The summed E-state index contributed by atoms with van der Waals surface area (Å²) in [7, 11) is 1.22. The summed E-state index contributed by atoms with van der Waals surface area (Å²) in [6, 6.07) is -0.646. The van der Waals surface area contributed by atoms with E-state index in [4.69, 9.17) is 5.11 Å². The van der Waals surface area contributed by atoms with Crippen molar-refractivity contribution in [3.63, 3.8) is 0 Å². The van der Waals surface area contributed by atoms with Crippen LogP contribution in [0.1, 0.15) is 12.8 Å². The first-order chi connectivity index (χ1) is 6.54. The van der Waals surface area contributed by atoms with E-state index in [0.29, 0.717) is 0 Å². The Morgan fingerprint density at radius 1 is 1.64 bits per heavy atom. The van der Waals surface area contributed by atoms with E-state index in [2.05, 4.69) is 10.1 Å². The van der Waals surface area contributed by atoms with Crippen molar-refractivity contribution < 1.29 is 24.2 Å². The highest BCUT2D eigenvalue weighted by Crippen LogP contribution is 2.19. The lowest BCUT2D eigenvalue weighted by Gasteiger charge is -2.13. The molecule has 2 N–H and O–H groups in total. The predicted octanol–water partition coefficient (Wildman–Crippen LogP) is -0.861. The molecule has 1 aliphatic rings. The number of carboxylic acids is 1. The molecular weight excluding hydrogens is 190 g/mol. The molecule has 0 aromatic heterocycles. The lowest BCUT2D eigenvalue weighted by Crippen LogP contribution is -2.34. The summed E-state index contributed by atoms with van der Waals surface area (Å²) >= 11 is 0. The van der Waals surface area contributed by atoms with Crippen LogP contribution in [0.5, 0.6) is 0 Å². The van der Waals surface area contributed by atoms with Gasteiger partial charge in [0.15, 0.2) is 0 Å². The summed E-state index contributed by atoms with van der Waals surface area (Å²) in [6.07, 6.45) is -0.170. The summed E-state index contributed by atoms with van der Waals surface area (Å²) in [4.78, 5) is 32.5. The van der Waals surface area contributed by atoms with Gasteiger partial charge in [0.1, 0.15) is 0 Å². The largest absolute Gasteiger partial charge is 0.481 e. The number of ether oxygens (including phenoxy) is 1. The van der Waals surface area contributed by atoms with E-state index in [-0.39, 0.29) is 18.7 Å². The molecule has 1 aliphatic heterocycles. The average molecular weight is 201 g/mol. The van der Waals surface area contributed by atoms with Gasteiger partial charge in [0.25, 0.3) is 0 Å². The third-order valence-electron chi connectivity index (χ3n) is 2.17. The monoisotopic (exact) mass is 201 g/mol. The molecule has 1 heterocycles. The van der Waals surface area contributed by atoms with Crippen LogP contribution in [0.2, 0.25) is 0 Å². The van der Waals surface area contributed by atoms with Crippen molar-refractivity contribution in [1.82, 2.24) is 5.32 Å². The van der Waals surface area contributed by atoms with Gasteiger partial charge in [0.05, 0.1) is 25.5 Å². The molecule has 0 bridgehead atoms. The Labute approximate surface area is 80.2 Å². The number of methoxy groups -OCH3 is 1. The quantitative estimate of drug-likeness (QED) is 0.579. The molecule has 0 aromatic rings. The van der Waals surface area contributed by atoms with Crippen molar-refractivity contribution in [2.45, 2.75) is 18.9 Å². The molecule has 14 heavy (non-hydrogen) atoms. The Bertz CT molecular complexity index is 275. The molecule has 0 saturated carbocycles. The molecular formula is C8H11NO5. The van der Waals surface area contributed by atoms with Crippen LogP contribution in [-0.2, 0) is 19.1 Å². The molecule has 0 unspecified atom stereocenters. The van der Waals surface area contributed by atoms with Gasteiger partial charge in [-0.3, -0.25) is 14.4 Å². The predicted molar refractivity (Wildman–Crippen MR) is 44.3 cm³/mol. The summed E-state index contributed by atoms with van der Waals surface area (Å²) in [5.74, 6) is -2.77. The molecule has 0 aromatic carbocycles. The minimum absolute atomic E-state index is 0.0724. The molecule has 1 amide bonds. The number of hydrogen-bond acceptors (Lipinski definition) is 4. The van der Waals surface area contributed by atoms with E-state index in [9.17, 15) is 14.4 Å². The van der Waals surface area contributed by atoms with Gasteiger partial charge in [-0.1, -0.05) is 0 Å². The summed E-state index contributed by atoms with van der Waals surface area (Å²) in [5, 5.41) is 11.2. The maximum atomic E-state index is 10.9. The molecule has 78 valence electrons. The SMILES string of the molecule is COC(=O)C[C@H]1NC(=O)C[C@@H]1C(=O)O. The van der Waals surface area contributed by atoms with Gasteiger partial charge >= 0.3 is 11.9 Å². The number of hydrogen-bond donors (Lipinski definition) is 2. The Hall–Kier alpha value is -1.59. The smallest absolute Gasteiger partial charge is 0.309 e. The maximum absolute atomic E-state index is 10.9. The normalized spacial score (nSPS) is 25.6. The first-order valence-corrected chi connectivity index (χ1v) is 4.13. The minimum atomic E-state index is -1.07. The highest BCUT2D eigenvalue weighted by molar-refractivity contribution is 5.88. The molecule has 6 heteroatoms. The van der Waals surface area contributed by atoms with E-state index >= 15 is 0 Å². The van der Waals surface area contributed by atoms with Gasteiger partial charge in [-0.15, -0.1) is 0 Å². The second kappa shape index (κ2) is 4.08. The van der Waals surface area contributed by atoms with Gasteiger partial charge < -0.3 is 15.2 Å². The molecule has 2 atom stereocenters. The maximum Gasteiger partial charge on any atom is 0.309 e. The van der Waals surface area contributed by atoms with Gasteiger partial charge in [-0.05, 0) is 0 Å². The van der Waals surface area contributed by atoms with Crippen LogP contribution in [0.15, 0.2) is 0 Å². The lowest BCUT2D eigenvalue weighted by atomic mass is 9.98. The molecule has 6 nitrogen and oxygen atoms in total. The highest BCUT2D eigenvalue weighted by atomic mass is 16.5. The Kier molecular flexibility index (Phi) is 3.06. The number of carbonyl (C=O) groups excluding carboxylic acids is 2.